The van der Waals surface area contributed by atoms with Gasteiger partial charge in [0.05, 0.1) is 12.1 Å². The minimum absolute atomic E-state index is 0.0860. The summed E-state index contributed by atoms with van der Waals surface area (Å²) >= 11 is 0. The van der Waals surface area contributed by atoms with Gasteiger partial charge in [-0.3, -0.25) is 14.5 Å². The summed E-state index contributed by atoms with van der Waals surface area (Å²) in [4.78, 5) is 26.3. The normalized spacial score (nSPS) is 15.3. The van der Waals surface area contributed by atoms with E-state index in [1.807, 2.05) is 35.2 Å². The van der Waals surface area contributed by atoms with Crippen LogP contribution in [0.4, 0.5) is 14.5 Å². The van der Waals surface area contributed by atoms with Gasteiger partial charge in [-0.25, -0.2) is 8.78 Å². The van der Waals surface area contributed by atoms with Crippen LogP contribution in [0.1, 0.15) is 23.2 Å². The van der Waals surface area contributed by atoms with Crippen molar-refractivity contribution in [2.75, 3.05) is 25.0 Å². The first kappa shape index (κ1) is 19.0. The zero-order chi connectivity index (χ0) is 19.2. The molecule has 1 aliphatic rings. The van der Waals surface area contributed by atoms with Gasteiger partial charge in [0.25, 0.3) is 5.91 Å². The zero-order valence-corrected chi connectivity index (χ0v) is 14.8. The van der Waals surface area contributed by atoms with Crippen molar-refractivity contribution in [1.29, 1.82) is 0 Å². The number of hydrogen-bond acceptors (Lipinski definition) is 3. The number of nitrogens with one attached hydrogen (secondary N) is 2. The topological polar surface area (TPSA) is 61.4 Å². The van der Waals surface area contributed by atoms with Gasteiger partial charge in [0, 0.05) is 30.9 Å². The second-order valence-electron chi connectivity index (χ2n) is 6.56. The molecule has 0 spiro atoms. The van der Waals surface area contributed by atoms with Crippen LogP contribution in [0, 0.1) is 11.6 Å². The Bertz CT molecular complexity index is 806. The number of nitrogens with zero attached hydrogens (tertiary/aromatic N) is 1. The first-order valence-corrected chi connectivity index (χ1v) is 8.84. The smallest absolute Gasteiger partial charge is 0.254 e. The number of carbonyl (C=O) groups excluding carboxylic acids is 2. The summed E-state index contributed by atoms with van der Waals surface area (Å²) in [5.74, 6) is -2.22. The second-order valence-corrected chi connectivity index (χ2v) is 6.56. The van der Waals surface area contributed by atoms with Gasteiger partial charge < -0.3 is 10.6 Å². The van der Waals surface area contributed by atoms with Crippen LogP contribution in [0.25, 0.3) is 0 Å². The Hall–Kier alpha value is -2.80. The van der Waals surface area contributed by atoms with Gasteiger partial charge in [-0.15, -0.1) is 0 Å². The SMILES string of the molecule is O=C(CN1CCC(NC(=O)c2ccc(F)cc2F)CC1)Nc1ccccc1. The van der Waals surface area contributed by atoms with Crippen LogP contribution in [-0.2, 0) is 4.79 Å². The molecule has 142 valence electrons. The number of rotatable bonds is 5. The van der Waals surface area contributed by atoms with Gasteiger partial charge >= 0.3 is 0 Å². The Balaban J connectivity index is 1.44. The Morgan fingerprint density at radius 2 is 1.74 bits per heavy atom. The molecule has 5 nitrogen and oxygen atoms in total. The number of piperidine rings is 1. The fourth-order valence-electron chi connectivity index (χ4n) is 3.10. The molecular weight excluding hydrogens is 352 g/mol. The Labute approximate surface area is 156 Å². The Morgan fingerprint density at radius 1 is 1.04 bits per heavy atom. The fraction of sp³-hybridized carbons (Fsp3) is 0.300. The van der Waals surface area contributed by atoms with E-state index in [-0.39, 0.29) is 24.1 Å². The van der Waals surface area contributed by atoms with Crippen LogP contribution in [0.2, 0.25) is 0 Å². The molecule has 0 saturated carbocycles. The van der Waals surface area contributed by atoms with E-state index in [1.165, 1.54) is 0 Å². The third kappa shape index (κ3) is 5.34. The van der Waals surface area contributed by atoms with E-state index in [0.29, 0.717) is 32.0 Å². The van der Waals surface area contributed by atoms with E-state index in [4.69, 9.17) is 0 Å². The molecule has 2 amide bonds. The second kappa shape index (κ2) is 8.73. The van der Waals surface area contributed by atoms with Crippen molar-refractivity contribution in [3.05, 3.63) is 65.7 Å². The minimum Gasteiger partial charge on any atom is -0.349 e. The van der Waals surface area contributed by atoms with E-state index >= 15 is 0 Å². The van der Waals surface area contributed by atoms with E-state index in [1.54, 1.807) is 0 Å². The van der Waals surface area contributed by atoms with Gasteiger partial charge in [0.15, 0.2) is 0 Å². The number of hydrogen-bond donors (Lipinski definition) is 2. The molecule has 0 atom stereocenters. The molecular formula is C20H21F2N3O2. The molecule has 0 unspecified atom stereocenters. The van der Waals surface area contributed by atoms with E-state index in [2.05, 4.69) is 10.6 Å². The summed E-state index contributed by atoms with van der Waals surface area (Å²) in [6, 6.07) is 12.0. The predicted octanol–water partition coefficient (Wildman–Crippen LogP) is 2.80. The van der Waals surface area contributed by atoms with Crippen molar-refractivity contribution in [3.8, 4) is 0 Å². The summed E-state index contributed by atoms with van der Waals surface area (Å²) < 4.78 is 26.6. The maximum atomic E-state index is 13.7. The third-order valence-electron chi connectivity index (χ3n) is 4.52. The van der Waals surface area contributed by atoms with Crippen LogP contribution in [0.15, 0.2) is 48.5 Å². The van der Waals surface area contributed by atoms with Crippen molar-refractivity contribution >= 4 is 17.5 Å². The molecule has 0 aromatic heterocycles. The molecule has 3 rings (SSSR count). The molecule has 2 N–H and O–H groups in total. The molecule has 0 aliphatic carbocycles. The van der Waals surface area contributed by atoms with Crippen LogP contribution < -0.4 is 10.6 Å². The maximum absolute atomic E-state index is 13.7. The lowest BCUT2D eigenvalue weighted by Gasteiger charge is -2.31. The van der Waals surface area contributed by atoms with Gasteiger partial charge in [0.2, 0.25) is 5.91 Å². The molecule has 1 fully saturated rings. The standard InChI is InChI=1S/C20H21F2N3O2/c21-14-6-7-17(18(22)12-14)20(27)24-16-8-10-25(11-9-16)13-19(26)23-15-4-2-1-3-5-15/h1-7,12,16H,8-11,13H2,(H,23,26)(H,24,27). The van der Waals surface area contributed by atoms with Crippen LogP contribution in [0.3, 0.4) is 0 Å². The van der Waals surface area contributed by atoms with Crippen molar-refractivity contribution in [2.45, 2.75) is 18.9 Å². The van der Waals surface area contributed by atoms with E-state index in [0.717, 1.165) is 17.8 Å². The number of para-hydroxylation sites is 1. The molecule has 7 heteroatoms. The number of carbonyl (C=O) groups is 2. The highest BCUT2D eigenvalue weighted by Gasteiger charge is 2.23. The van der Waals surface area contributed by atoms with Crippen molar-refractivity contribution in [2.24, 2.45) is 0 Å². The first-order valence-electron chi connectivity index (χ1n) is 8.84. The molecule has 1 saturated heterocycles. The van der Waals surface area contributed by atoms with Crippen molar-refractivity contribution in [1.82, 2.24) is 10.2 Å². The van der Waals surface area contributed by atoms with Gasteiger partial charge in [-0.2, -0.15) is 0 Å². The molecule has 0 radical (unpaired) electrons. The van der Waals surface area contributed by atoms with Gasteiger partial charge in [-0.05, 0) is 37.1 Å². The lowest BCUT2D eigenvalue weighted by Crippen LogP contribution is -2.46. The molecule has 1 aliphatic heterocycles. The van der Waals surface area contributed by atoms with Crippen molar-refractivity contribution in [3.63, 3.8) is 0 Å². The number of amides is 2. The Morgan fingerprint density at radius 3 is 2.41 bits per heavy atom. The summed E-state index contributed by atoms with van der Waals surface area (Å²) in [6.45, 7) is 1.58. The molecule has 2 aromatic carbocycles. The predicted molar refractivity (Wildman–Crippen MR) is 98.4 cm³/mol. The summed E-state index contributed by atoms with van der Waals surface area (Å²) in [6.07, 6.45) is 1.32. The van der Waals surface area contributed by atoms with Crippen LogP contribution in [-0.4, -0.2) is 42.4 Å². The lowest BCUT2D eigenvalue weighted by molar-refractivity contribution is -0.117. The third-order valence-corrected chi connectivity index (χ3v) is 4.52. The van der Waals surface area contributed by atoms with Gasteiger partial charge in [0.1, 0.15) is 11.6 Å². The first-order chi connectivity index (χ1) is 13.0. The maximum Gasteiger partial charge on any atom is 0.254 e. The quantitative estimate of drug-likeness (QED) is 0.847. The summed E-state index contributed by atoms with van der Waals surface area (Å²) in [5, 5.41) is 5.62. The van der Waals surface area contributed by atoms with Crippen molar-refractivity contribution < 1.29 is 18.4 Å². The van der Waals surface area contributed by atoms with Crippen LogP contribution in [0.5, 0.6) is 0 Å². The van der Waals surface area contributed by atoms with E-state index < -0.39 is 17.5 Å². The Kier molecular flexibility index (Phi) is 6.13. The average Bonchev–Trinajstić information content (AvgIpc) is 2.64. The number of likely N-dealkylation sites (tertiary alicyclic amines) is 1. The largest absolute Gasteiger partial charge is 0.349 e. The minimum atomic E-state index is -0.873. The molecule has 27 heavy (non-hydrogen) atoms. The fourth-order valence-corrected chi connectivity index (χ4v) is 3.10. The van der Waals surface area contributed by atoms with E-state index in [9.17, 15) is 18.4 Å². The molecule has 0 bridgehead atoms. The summed E-state index contributed by atoms with van der Waals surface area (Å²) in [7, 11) is 0. The zero-order valence-electron chi connectivity index (χ0n) is 14.8. The molecule has 1 heterocycles. The highest BCUT2D eigenvalue weighted by molar-refractivity contribution is 5.94. The molecule has 2 aromatic rings. The number of benzene rings is 2. The summed E-state index contributed by atoms with van der Waals surface area (Å²) in [5.41, 5.74) is 0.590. The lowest BCUT2D eigenvalue weighted by atomic mass is 10.0. The highest BCUT2D eigenvalue weighted by atomic mass is 19.1. The van der Waals surface area contributed by atoms with Crippen LogP contribution >= 0.6 is 0 Å². The highest BCUT2D eigenvalue weighted by Crippen LogP contribution is 2.14. The average molecular weight is 373 g/mol. The monoisotopic (exact) mass is 373 g/mol. The number of anilines is 1. The number of halogens is 2. The van der Waals surface area contributed by atoms with Gasteiger partial charge in [-0.1, -0.05) is 18.2 Å².